The lowest BCUT2D eigenvalue weighted by atomic mass is 9.84. The van der Waals surface area contributed by atoms with E-state index in [2.05, 4.69) is 0 Å². The van der Waals surface area contributed by atoms with Gasteiger partial charge in [-0.3, -0.25) is 0 Å². The van der Waals surface area contributed by atoms with E-state index in [9.17, 15) is 15.3 Å². The van der Waals surface area contributed by atoms with Crippen molar-refractivity contribution in [3.05, 3.63) is 53.1 Å². The van der Waals surface area contributed by atoms with Gasteiger partial charge in [0.2, 0.25) is 0 Å². The minimum Gasteiger partial charge on any atom is -0.508 e. The molecule has 2 aromatic carbocycles. The van der Waals surface area contributed by atoms with Gasteiger partial charge in [0.15, 0.2) is 11.5 Å². The van der Waals surface area contributed by atoms with Gasteiger partial charge in [0.25, 0.3) is 0 Å². The molecule has 2 fully saturated rings. The van der Waals surface area contributed by atoms with Crippen LogP contribution in [-0.2, 0) is 16.1 Å². The molecule has 0 spiro atoms. The highest BCUT2D eigenvalue weighted by Crippen LogP contribution is 2.51. The molecule has 2 saturated heterocycles. The van der Waals surface area contributed by atoms with E-state index in [1.165, 1.54) is 7.11 Å². The average molecular weight is 358 g/mol. The molecule has 4 unspecified atom stereocenters. The Balaban J connectivity index is 1.58. The molecule has 2 aromatic rings. The fourth-order valence-corrected chi connectivity index (χ4v) is 4.01. The number of hydrogen-bond donors (Lipinski definition) is 3. The Morgan fingerprint density at radius 2 is 1.50 bits per heavy atom. The van der Waals surface area contributed by atoms with Crippen LogP contribution < -0.4 is 4.74 Å². The molecular weight excluding hydrogens is 336 g/mol. The zero-order valence-electron chi connectivity index (χ0n) is 14.5. The molecule has 2 aliphatic rings. The summed E-state index contributed by atoms with van der Waals surface area (Å²) < 4.78 is 17.3. The maximum atomic E-state index is 9.80. The number of phenolic OH excluding ortho intramolecular Hbond substituents is 1. The second-order valence-corrected chi connectivity index (χ2v) is 6.81. The van der Waals surface area contributed by atoms with Gasteiger partial charge in [0.05, 0.1) is 39.1 Å². The summed E-state index contributed by atoms with van der Waals surface area (Å²) in [4.78, 5) is 0. The molecule has 0 amide bonds. The van der Waals surface area contributed by atoms with Crippen molar-refractivity contribution in [1.82, 2.24) is 0 Å². The predicted octanol–water partition coefficient (Wildman–Crippen LogP) is 2.67. The molecule has 6 heteroatoms. The minimum atomic E-state index is -0.215. The van der Waals surface area contributed by atoms with Crippen molar-refractivity contribution in [2.75, 3.05) is 20.3 Å². The van der Waals surface area contributed by atoms with Gasteiger partial charge in [0, 0.05) is 17.4 Å². The van der Waals surface area contributed by atoms with Crippen LogP contribution in [0.2, 0.25) is 0 Å². The Morgan fingerprint density at radius 1 is 0.923 bits per heavy atom. The van der Waals surface area contributed by atoms with E-state index in [1.807, 2.05) is 12.1 Å². The monoisotopic (exact) mass is 358 g/mol. The highest BCUT2D eigenvalue weighted by molar-refractivity contribution is 5.43. The zero-order valence-corrected chi connectivity index (χ0v) is 14.5. The van der Waals surface area contributed by atoms with E-state index in [1.54, 1.807) is 24.3 Å². The predicted molar refractivity (Wildman–Crippen MR) is 93.1 cm³/mol. The molecule has 2 aliphatic heterocycles. The number of ether oxygens (including phenoxy) is 3. The van der Waals surface area contributed by atoms with Gasteiger partial charge in [-0.05, 0) is 35.4 Å². The van der Waals surface area contributed by atoms with Crippen LogP contribution in [-0.4, -0.2) is 35.6 Å². The van der Waals surface area contributed by atoms with Crippen molar-refractivity contribution >= 4 is 0 Å². The Labute approximate surface area is 151 Å². The molecule has 26 heavy (non-hydrogen) atoms. The Morgan fingerprint density at radius 3 is 2.08 bits per heavy atom. The van der Waals surface area contributed by atoms with Gasteiger partial charge in [-0.2, -0.15) is 0 Å². The third kappa shape index (κ3) is 2.80. The van der Waals surface area contributed by atoms with Crippen LogP contribution in [0, 0.1) is 11.8 Å². The number of phenols is 2. The van der Waals surface area contributed by atoms with Crippen molar-refractivity contribution in [1.29, 1.82) is 0 Å². The van der Waals surface area contributed by atoms with Crippen LogP contribution in [0.1, 0.15) is 28.9 Å². The summed E-state index contributed by atoms with van der Waals surface area (Å²) in [5, 5.41) is 28.9. The molecule has 4 atom stereocenters. The van der Waals surface area contributed by atoms with Gasteiger partial charge in [-0.25, -0.2) is 0 Å². The van der Waals surface area contributed by atoms with Crippen molar-refractivity contribution < 1.29 is 29.5 Å². The number of rotatable bonds is 4. The molecule has 138 valence electrons. The number of fused-ring (bicyclic) bond motifs is 1. The van der Waals surface area contributed by atoms with E-state index in [-0.39, 0.29) is 42.1 Å². The van der Waals surface area contributed by atoms with E-state index in [0.717, 1.165) is 11.1 Å². The molecule has 0 radical (unpaired) electrons. The van der Waals surface area contributed by atoms with Crippen molar-refractivity contribution in [3.63, 3.8) is 0 Å². The van der Waals surface area contributed by atoms with Gasteiger partial charge in [0.1, 0.15) is 5.75 Å². The lowest BCUT2D eigenvalue weighted by Crippen LogP contribution is -2.14. The van der Waals surface area contributed by atoms with E-state index < -0.39 is 0 Å². The van der Waals surface area contributed by atoms with Crippen LogP contribution >= 0.6 is 0 Å². The Bertz CT molecular complexity index is 737. The first kappa shape index (κ1) is 17.1. The van der Waals surface area contributed by atoms with Crippen molar-refractivity contribution in [2.24, 2.45) is 11.8 Å². The first-order chi connectivity index (χ1) is 12.6. The summed E-state index contributed by atoms with van der Waals surface area (Å²) >= 11 is 0. The molecular formula is C20H22O6. The lowest BCUT2D eigenvalue weighted by Gasteiger charge is -2.18. The van der Waals surface area contributed by atoms with Gasteiger partial charge < -0.3 is 29.5 Å². The standard InChI is InChI=1S/C20H22O6/c1-24-18-7-12(3-5-17(18)23)20-15-10-25-19(14(15)9-26-20)11-2-4-16(22)13(6-11)8-21/h2-7,14-15,19-23H,8-10H2,1H3. The third-order valence-electron chi connectivity index (χ3n) is 5.40. The second kappa shape index (κ2) is 6.79. The average Bonchev–Trinajstić information content (AvgIpc) is 3.25. The van der Waals surface area contributed by atoms with E-state index in [4.69, 9.17) is 14.2 Å². The maximum Gasteiger partial charge on any atom is 0.160 e. The number of methoxy groups -OCH3 is 1. The quantitative estimate of drug-likeness (QED) is 0.779. The minimum absolute atomic E-state index is 0.0857. The van der Waals surface area contributed by atoms with Gasteiger partial charge >= 0.3 is 0 Å². The number of aromatic hydroxyl groups is 2. The molecule has 3 N–H and O–H groups in total. The molecule has 0 aliphatic carbocycles. The summed E-state index contributed by atoms with van der Waals surface area (Å²) in [6.07, 6.45) is -0.246. The second-order valence-electron chi connectivity index (χ2n) is 6.81. The zero-order chi connectivity index (χ0) is 18.3. The largest absolute Gasteiger partial charge is 0.508 e. The van der Waals surface area contributed by atoms with Crippen LogP contribution in [0.25, 0.3) is 0 Å². The first-order valence-corrected chi connectivity index (χ1v) is 8.65. The molecule has 0 bridgehead atoms. The van der Waals surface area contributed by atoms with E-state index >= 15 is 0 Å². The summed E-state index contributed by atoms with van der Waals surface area (Å²) in [5.41, 5.74) is 2.39. The summed E-state index contributed by atoms with van der Waals surface area (Å²) in [5.74, 6) is 1.00. The summed E-state index contributed by atoms with van der Waals surface area (Å²) in [6, 6.07) is 10.5. The normalized spacial score (nSPS) is 27.5. The van der Waals surface area contributed by atoms with Crippen molar-refractivity contribution in [3.8, 4) is 17.2 Å². The Hall–Kier alpha value is -2.28. The fraction of sp³-hybridized carbons (Fsp3) is 0.400. The molecule has 2 heterocycles. The lowest BCUT2D eigenvalue weighted by molar-refractivity contribution is 0.0191. The maximum absolute atomic E-state index is 9.80. The van der Waals surface area contributed by atoms with Gasteiger partial charge in [-0.1, -0.05) is 12.1 Å². The van der Waals surface area contributed by atoms with Crippen LogP contribution in [0.3, 0.4) is 0 Å². The highest BCUT2D eigenvalue weighted by Gasteiger charge is 2.48. The third-order valence-corrected chi connectivity index (χ3v) is 5.40. The topological polar surface area (TPSA) is 88.4 Å². The molecule has 0 saturated carbocycles. The van der Waals surface area contributed by atoms with Crippen LogP contribution in [0.15, 0.2) is 36.4 Å². The van der Waals surface area contributed by atoms with Crippen molar-refractivity contribution in [2.45, 2.75) is 18.8 Å². The number of benzene rings is 2. The van der Waals surface area contributed by atoms with Gasteiger partial charge in [-0.15, -0.1) is 0 Å². The van der Waals surface area contributed by atoms with Crippen LogP contribution in [0.4, 0.5) is 0 Å². The fourth-order valence-electron chi connectivity index (χ4n) is 4.01. The highest BCUT2D eigenvalue weighted by atomic mass is 16.5. The van der Waals surface area contributed by atoms with E-state index in [0.29, 0.717) is 24.5 Å². The first-order valence-electron chi connectivity index (χ1n) is 8.65. The number of aliphatic hydroxyl groups excluding tert-OH is 1. The van der Waals surface area contributed by atoms with Crippen LogP contribution in [0.5, 0.6) is 17.2 Å². The molecule has 4 rings (SSSR count). The summed E-state index contributed by atoms with van der Waals surface area (Å²) in [6.45, 7) is 0.921. The molecule has 0 aromatic heterocycles. The molecule has 6 nitrogen and oxygen atoms in total. The smallest absolute Gasteiger partial charge is 0.160 e. The Kier molecular flexibility index (Phi) is 4.48. The number of aliphatic hydroxyl groups is 1. The SMILES string of the molecule is COc1cc(C2OCC3C(c4ccc(O)c(CO)c4)OCC23)ccc1O. The number of hydrogen-bond acceptors (Lipinski definition) is 6. The summed E-state index contributed by atoms with van der Waals surface area (Å²) in [7, 11) is 1.52.